The summed E-state index contributed by atoms with van der Waals surface area (Å²) >= 11 is 0. The van der Waals surface area contributed by atoms with E-state index in [1.54, 1.807) is 40.0 Å². The zero-order chi connectivity index (χ0) is 19.0. The number of nitrogens with zero attached hydrogens (tertiary/aromatic N) is 2. The lowest BCUT2D eigenvalue weighted by Crippen LogP contribution is -2.19. The predicted octanol–water partition coefficient (Wildman–Crippen LogP) is 3.62. The van der Waals surface area contributed by atoms with E-state index in [0.29, 0.717) is 34.3 Å². The van der Waals surface area contributed by atoms with E-state index < -0.39 is 5.97 Å². The van der Waals surface area contributed by atoms with E-state index in [-0.39, 0.29) is 18.1 Å². The number of nitrogens with one attached hydrogen (secondary N) is 2. The normalized spacial score (nSPS) is 15.2. The number of hydrogen-bond donors (Lipinski definition) is 2. The molecule has 1 amide bonds. The molecule has 0 bridgehead atoms. The number of H-pyrrole nitrogens is 1. The molecule has 1 atom stereocenters. The molecule has 1 unspecified atom stereocenters. The Balaban J connectivity index is 1.81. The molecule has 0 radical (unpaired) electrons. The third-order valence-corrected chi connectivity index (χ3v) is 4.81. The van der Waals surface area contributed by atoms with E-state index in [0.717, 1.165) is 0 Å². The summed E-state index contributed by atoms with van der Waals surface area (Å²) in [7, 11) is 0. The molecule has 0 saturated heterocycles. The highest BCUT2D eigenvalue weighted by Gasteiger charge is 2.31. The van der Waals surface area contributed by atoms with Crippen molar-refractivity contribution in [1.29, 1.82) is 0 Å². The molecule has 1 aliphatic carbocycles. The van der Waals surface area contributed by atoms with Crippen LogP contribution in [0.25, 0.3) is 0 Å². The van der Waals surface area contributed by atoms with Crippen molar-refractivity contribution in [1.82, 2.24) is 14.8 Å². The number of anilines is 1. The lowest BCUT2D eigenvalue weighted by molar-refractivity contribution is 0.0376. The van der Waals surface area contributed by atoms with Crippen LogP contribution in [0, 0.1) is 19.8 Å². The highest BCUT2D eigenvalue weighted by molar-refractivity contribution is 6.06. The SMILES string of the molecule is Cc1[nH]c(C(=O)Nc2ccnn2C(C)C2CC2)c(C)c1C(=O)OC(C)C. The van der Waals surface area contributed by atoms with Crippen LogP contribution in [0.5, 0.6) is 0 Å². The number of amides is 1. The fraction of sp³-hybridized carbons (Fsp3) is 0.526. The average Bonchev–Trinajstić information content (AvgIpc) is 3.23. The first-order valence-corrected chi connectivity index (χ1v) is 9.04. The minimum absolute atomic E-state index is 0.216. The summed E-state index contributed by atoms with van der Waals surface area (Å²) in [4.78, 5) is 28.1. The number of aromatic nitrogens is 3. The molecule has 0 aliphatic heterocycles. The number of carbonyl (C=O) groups excluding carboxylic acids is 2. The largest absolute Gasteiger partial charge is 0.459 e. The molecule has 2 aromatic heterocycles. The monoisotopic (exact) mass is 358 g/mol. The number of carbonyl (C=O) groups is 2. The number of aromatic amines is 1. The molecular formula is C19H26N4O3. The van der Waals surface area contributed by atoms with Crippen LogP contribution < -0.4 is 5.32 Å². The van der Waals surface area contributed by atoms with Gasteiger partial charge in [0.2, 0.25) is 0 Å². The molecule has 3 rings (SSSR count). The Labute approximate surface area is 153 Å². The van der Waals surface area contributed by atoms with Gasteiger partial charge in [-0.3, -0.25) is 4.79 Å². The average molecular weight is 358 g/mol. The minimum atomic E-state index is -0.419. The Kier molecular flexibility index (Phi) is 4.89. The summed E-state index contributed by atoms with van der Waals surface area (Å²) in [5.41, 5.74) is 2.00. The maximum atomic E-state index is 12.8. The van der Waals surface area contributed by atoms with E-state index >= 15 is 0 Å². The van der Waals surface area contributed by atoms with Crippen molar-refractivity contribution >= 4 is 17.7 Å². The third-order valence-electron chi connectivity index (χ3n) is 4.81. The summed E-state index contributed by atoms with van der Waals surface area (Å²) in [5, 5.41) is 7.26. The predicted molar refractivity (Wildman–Crippen MR) is 98.4 cm³/mol. The van der Waals surface area contributed by atoms with Gasteiger partial charge in [0.25, 0.3) is 5.91 Å². The van der Waals surface area contributed by atoms with Crippen LogP contribution in [0.1, 0.15) is 71.8 Å². The van der Waals surface area contributed by atoms with E-state index in [1.807, 2.05) is 4.68 Å². The zero-order valence-corrected chi connectivity index (χ0v) is 15.9. The number of rotatable bonds is 6. The number of aryl methyl sites for hydroxylation is 1. The second-order valence-electron chi connectivity index (χ2n) is 7.27. The topological polar surface area (TPSA) is 89.0 Å². The van der Waals surface area contributed by atoms with Crippen molar-refractivity contribution in [2.75, 3.05) is 5.32 Å². The standard InChI is InChI=1S/C19H26N4O3/c1-10(2)26-19(25)16-11(3)17(21-12(16)4)18(24)22-15-8-9-20-23(15)13(5)14-6-7-14/h8-10,13-14,21H,6-7H2,1-5H3,(H,22,24). The lowest BCUT2D eigenvalue weighted by Gasteiger charge is -2.15. The fourth-order valence-electron chi connectivity index (χ4n) is 3.25. The Bertz CT molecular complexity index is 830. The third kappa shape index (κ3) is 3.52. The molecule has 26 heavy (non-hydrogen) atoms. The number of ether oxygens (including phenoxy) is 1. The van der Waals surface area contributed by atoms with Gasteiger partial charge in [0, 0.05) is 11.8 Å². The van der Waals surface area contributed by atoms with Crippen LogP contribution in [0.4, 0.5) is 5.82 Å². The van der Waals surface area contributed by atoms with Crippen LogP contribution >= 0.6 is 0 Å². The molecule has 0 spiro atoms. The van der Waals surface area contributed by atoms with Crippen molar-refractivity contribution in [3.8, 4) is 0 Å². The number of hydrogen-bond acceptors (Lipinski definition) is 4. The molecule has 2 N–H and O–H groups in total. The van der Waals surface area contributed by atoms with Crippen LogP contribution in [-0.4, -0.2) is 32.7 Å². The van der Waals surface area contributed by atoms with Crippen molar-refractivity contribution in [3.05, 3.63) is 34.8 Å². The molecule has 7 nitrogen and oxygen atoms in total. The fourth-order valence-corrected chi connectivity index (χ4v) is 3.25. The summed E-state index contributed by atoms with van der Waals surface area (Å²) in [5.74, 6) is 0.571. The highest BCUT2D eigenvalue weighted by atomic mass is 16.5. The first-order valence-electron chi connectivity index (χ1n) is 9.04. The molecule has 140 valence electrons. The van der Waals surface area contributed by atoms with Crippen molar-refractivity contribution in [2.45, 2.75) is 59.6 Å². The minimum Gasteiger partial charge on any atom is -0.459 e. The van der Waals surface area contributed by atoms with E-state index in [4.69, 9.17) is 4.74 Å². The van der Waals surface area contributed by atoms with Gasteiger partial charge in [0.05, 0.1) is 23.9 Å². The van der Waals surface area contributed by atoms with Crippen LogP contribution in [-0.2, 0) is 4.74 Å². The van der Waals surface area contributed by atoms with Gasteiger partial charge < -0.3 is 15.0 Å². The highest BCUT2D eigenvalue weighted by Crippen LogP contribution is 2.40. The molecule has 2 aromatic rings. The maximum absolute atomic E-state index is 12.8. The smallest absolute Gasteiger partial charge is 0.340 e. The van der Waals surface area contributed by atoms with Crippen LogP contribution in [0.3, 0.4) is 0 Å². The molecule has 7 heteroatoms. The summed E-state index contributed by atoms with van der Waals surface area (Å²) in [6.45, 7) is 9.22. The molecule has 1 fully saturated rings. The van der Waals surface area contributed by atoms with Gasteiger partial charge in [-0.1, -0.05) is 0 Å². The van der Waals surface area contributed by atoms with E-state index in [1.165, 1.54) is 12.8 Å². The summed E-state index contributed by atoms with van der Waals surface area (Å²) in [6, 6.07) is 2.04. The van der Waals surface area contributed by atoms with Crippen molar-refractivity contribution in [3.63, 3.8) is 0 Å². The molecule has 2 heterocycles. The van der Waals surface area contributed by atoms with Gasteiger partial charge in [0.15, 0.2) is 0 Å². The molecule has 0 aromatic carbocycles. The van der Waals surface area contributed by atoms with Gasteiger partial charge in [-0.2, -0.15) is 5.10 Å². The van der Waals surface area contributed by atoms with Crippen molar-refractivity contribution < 1.29 is 14.3 Å². The van der Waals surface area contributed by atoms with Crippen LogP contribution in [0.15, 0.2) is 12.3 Å². The molecule has 1 saturated carbocycles. The maximum Gasteiger partial charge on any atom is 0.340 e. The Morgan fingerprint density at radius 3 is 2.62 bits per heavy atom. The number of esters is 1. The Hall–Kier alpha value is -2.57. The quantitative estimate of drug-likeness (QED) is 0.772. The molecule has 1 aliphatic rings. The first-order chi connectivity index (χ1) is 12.3. The summed E-state index contributed by atoms with van der Waals surface area (Å²) < 4.78 is 7.13. The van der Waals surface area contributed by atoms with Gasteiger partial charge in [-0.25, -0.2) is 9.48 Å². The van der Waals surface area contributed by atoms with Crippen molar-refractivity contribution in [2.24, 2.45) is 5.92 Å². The summed E-state index contributed by atoms with van der Waals surface area (Å²) in [6.07, 6.45) is 3.87. The first kappa shape index (κ1) is 18.2. The van der Waals surface area contributed by atoms with Gasteiger partial charge >= 0.3 is 5.97 Å². The Morgan fingerprint density at radius 2 is 2.00 bits per heavy atom. The van der Waals surface area contributed by atoms with E-state index in [2.05, 4.69) is 22.3 Å². The second kappa shape index (κ2) is 6.97. The molecular weight excluding hydrogens is 332 g/mol. The van der Waals surface area contributed by atoms with E-state index in [9.17, 15) is 9.59 Å². The van der Waals surface area contributed by atoms with Gasteiger partial charge in [0.1, 0.15) is 11.5 Å². The Morgan fingerprint density at radius 1 is 1.31 bits per heavy atom. The van der Waals surface area contributed by atoms with Gasteiger partial charge in [-0.15, -0.1) is 0 Å². The zero-order valence-electron chi connectivity index (χ0n) is 15.9. The second-order valence-corrected chi connectivity index (χ2v) is 7.27. The van der Waals surface area contributed by atoms with Gasteiger partial charge in [-0.05, 0) is 58.9 Å². The lowest BCUT2D eigenvalue weighted by atomic mass is 10.1. The van der Waals surface area contributed by atoms with Crippen LogP contribution in [0.2, 0.25) is 0 Å².